The molecule has 4 heteroatoms. The summed E-state index contributed by atoms with van der Waals surface area (Å²) in [6.45, 7) is 6.81. The van der Waals surface area contributed by atoms with E-state index >= 15 is 0 Å². The van der Waals surface area contributed by atoms with E-state index < -0.39 is 0 Å². The maximum atomic E-state index is 4.56. The van der Waals surface area contributed by atoms with Crippen molar-refractivity contribution in [3.8, 4) is 0 Å². The average Bonchev–Trinajstić information content (AvgIpc) is 2.78. The number of nitrogens with one attached hydrogen (secondary N) is 1. The number of rotatable bonds is 6. The number of anilines is 1. The molecule has 0 aliphatic rings. The van der Waals surface area contributed by atoms with Gasteiger partial charge in [0, 0.05) is 11.7 Å². The number of hydrogen-bond acceptors (Lipinski definition) is 4. The van der Waals surface area contributed by atoms with Crippen molar-refractivity contribution in [2.45, 2.75) is 44.0 Å². The van der Waals surface area contributed by atoms with Gasteiger partial charge in [-0.25, -0.2) is 4.98 Å². The molecule has 0 radical (unpaired) electrons. The van der Waals surface area contributed by atoms with Gasteiger partial charge in [0.25, 0.3) is 0 Å². The van der Waals surface area contributed by atoms with Gasteiger partial charge in [-0.3, -0.25) is 0 Å². The standard InChI is InChI=1S/C15H22N2S2/c1-10(2)5-6-11(3)16-12-7-8-13-14(9-12)19-15(17-13)18-4/h7-11,16H,5-6H2,1-4H3. The van der Waals surface area contributed by atoms with E-state index in [0.717, 1.165) is 15.8 Å². The van der Waals surface area contributed by atoms with Crippen LogP contribution < -0.4 is 5.32 Å². The van der Waals surface area contributed by atoms with E-state index in [1.54, 1.807) is 23.1 Å². The van der Waals surface area contributed by atoms with Crippen molar-refractivity contribution in [2.24, 2.45) is 5.92 Å². The topological polar surface area (TPSA) is 24.9 Å². The first kappa shape index (κ1) is 14.7. The van der Waals surface area contributed by atoms with E-state index in [0.29, 0.717) is 6.04 Å². The lowest BCUT2D eigenvalue weighted by Gasteiger charge is -2.16. The van der Waals surface area contributed by atoms with E-state index in [1.807, 2.05) is 0 Å². The third-order valence-electron chi connectivity index (χ3n) is 3.13. The Morgan fingerprint density at radius 2 is 2.05 bits per heavy atom. The fourth-order valence-electron chi connectivity index (χ4n) is 2.02. The summed E-state index contributed by atoms with van der Waals surface area (Å²) in [5.74, 6) is 0.775. The number of thiazole rings is 1. The van der Waals surface area contributed by atoms with Crippen LogP contribution in [0, 0.1) is 5.92 Å². The lowest BCUT2D eigenvalue weighted by Crippen LogP contribution is -2.15. The molecule has 2 aromatic rings. The Bertz CT molecular complexity index is 534. The van der Waals surface area contributed by atoms with Crippen molar-refractivity contribution < 1.29 is 0 Å². The van der Waals surface area contributed by atoms with Gasteiger partial charge in [0.1, 0.15) is 0 Å². The predicted molar refractivity (Wildman–Crippen MR) is 88.6 cm³/mol. The van der Waals surface area contributed by atoms with Crippen molar-refractivity contribution in [3.63, 3.8) is 0 Å². The number of fused-ring (bicyclic) bond motifs is 1. The highest BCUT2D eigenvalue weighted by Crippen LogP contribution is 2.30. The molecule has 0 saturated heterocycles. The minimum atomic E-state index is 0.521. The number of nitrogens with zero attached hydrogens (tertiary/aromatic N) is 1. The lowest BCUT2D eigenvalue weighted by atomic mass is 10.0. The normalized spacial score (nSPS) is 13.1. The smallest absolute Gasteiger partial charge is 0.150 e. The lowest BCUT2D eigenvalue weighted by molar-refractivity contribution is 0.528. The maximum absolute atomic E-state index is 4.56. The molecule has 1 aromatic heterocycles. The van der Waals surface area contributed by atoms with Crippen LogP contribution in [0.5, 0.6) is 0 Å². The number of aromatic nitrogens is 1. The van der Waals surface area contributed by atoms with Crippen LogP contribution in [0.3, 0.4) is 0 Å². The second kappa shape index (κ2) is 6.62. The minimum absolute atomic E-state index is 0.521. The van der Waals surface area contributed by atoms with Crippen LogP contribution >= 0.6 is 23.1 Å². The summed E-state index contributed by atoms with van der Waals surface area (Å²) >= 11 is 3.48. The molecule has 1 aromatic carbocycles. The zero-order valence-electron chi connectivity index (χ0n) is 12.1. The van der Waals surface area contributed by atoms with Crippen LogP contribution in [0.25, 0.3) is 10.2 Å². The van der Waals surface area contributed by atoms with Gasteiger partial charge in [-0.1, -0.05) is 25.6 Å². The summed E-state index contributed by atoms with van der Waals surface area (Å²) in [6.07, 6.45) is 4.56. The van der Waals surface area contributed by atoms with Gasteiger partial charge < -0.3 is 5.32 Å². The van der Waals surface area contributed by atoms with Gasteiger partial charge in [0.2, 0.25) is 0 Å². The SMILES string of the molecule is CSc1nc2ccc(NC(C)CCC(C)C)cc2s1. The van der Waals surface area contributed by atoms with Gasteiger partial charge in [0.15, 0.2) is 4.34 Å². The first-order chi connectivity index (χ1) is 9.08. The van der Waals surface area contributed by atoms with E-state index in [4.69, 9.17) is 0 Å². The van der Waals surface area contributed by atoms with Crippen LogP contribution in [0.2, 0.25) is 0 Å². The molecule has 0 spiro atoms. The molecule has 0 aliphatic carbocycles. The van der Waals surface area contributed by atoms with E-state index in [9.17, 15) is 0 Å². The van der Waals surface area contributed by atoms with Crippen LogP contribution in [-0.4, -0.2) is 17.3 Å². The second-order valence-corrected chi connectivity index (χ2v) is 7.47. The molecule has 2 nitrogen and oxygen atoms in total. The van der Waals surface area contributed by atoms with Crippen LogP contribution in [-0.2, 0) is 0 Å². The fraction of sp³-hybridized carbons (Fsp3) is 0.533. The van der Waals surface area contributed by atoms with Gasteiger partial charge in [0.05, 0.1) is 10.2 Å². The molecular formula is C15H22N2S2. The third-order valence-corrected chi connectivity index (χ3v) is 5.14. The number of thioether (sulfide) groups is 1. The molecule has 0 bridgehead atoms. The Morgan fingerprint density at radius 1 is 1.26 bits per heavy atom. The molecule has 1 atom stereocenters. The Morgan fingerprint density at radius 3 is 2.74 bits per heavy atom. The molecule has 0 amide bonds. The Balaban J connectivity index is 2.04. The first-order valence-corrected chi connectivity index (χ1v) is 8.83. The van der Waals surface area contributed by atoms with E-state index in [-0.39, 0.29) is 0 Å². The molecule has 2 rings (SSSR count). The molecule has 0 aliphatic heterocycles. The van der Waals surface area contributed by atoms with Crippen molar-refractivity contribution in [3.05, 3.63) is 18.2 Å². The van der Waals surface area contributed by atoms with Crippen molar-refractivity contribution >= 4 is 39.0 Å². The monoisotopic (exact) mass is 294 g/mol. The third kappa shape index (κ3) is 4.11. The number of hydrogen-bond donors (Lipinski definition) is 1. The molecule has 0 fully saturated rings. The summed E-state index contributed by atoms with van der Waals surface area (Å²) in [5.41, 5.74) is 2.31. The zero-order valence-corrected chi connectivity index (χ0v) is 13.7. The Labute approximate surface area is 124 Å². The summed E-state index contributed by atoms with van der Waals surface area (Å²) in [4.78, 5) is 4.56. The molecular weight excluding hydrogens is 272 g/mol. The van der Waals surface area contributed by atoms with Crippen molar-refractivity contribution in [1.82, 2.24) is 4.98 Å². The Hall–Kier alpha value is -0.740. The van der Waals surface area contributed by atoms with E-state index in [1.165, 1.54) is 23.2 Å². The highest BCUT2D eigenvalue weighted by Gasteiger charge is 2.07. The van der Waals surface area contributed by atoms with Gasteiger partial charge >= 0.3 is 0 Å². The summed E-state index contributed by atoms with van der Waals surface area (Å²) in [7, 11) is 0. The quantitative estimate of drug-likeness (QED) is 0.736. The molecule has 1 N–H and O–H groups in total. The van der Waals surface area contributed by atoms with E-state index in [2.05, 4.69) is 55.5 Å². The summed E-state index contributed by atoms with van der Waals surface area (Å²) < 4.78 is 2.41. The maximum Gasteiger partial charge on any atom is 0.150 e. The Kier molecular flexibility index (Phi) is 5.11. The van der Waals surface area contributed by atoms with Gasteiger partial charge in [-0.2, -0.15) is 0 Å². The highest BCUT2D eigenvalue weighted by atomic mass is 32.2. The average molecular weight is 294 g/mol. The number of benzene rings is 1. The molecule has 104 valence electrons. The molecule has 19 heavy (non-hydrogen) atoms. The summed E-state index contributed by atoms with van der Waals surface area (Å²) in [5, 5.41) is 3.59. The minimum Gasteiger partial charge on any atom is -0.383 e. The largest absolute Gasteiger partial charge is 0.383 e. The van der Waals surface area contributed by atoms with Gasteiger partial charge in [-0.15, -0.1) is 11.3 Å². The van der Waals surface area contributed by atoms with Crippen LogP contribution in [0.15, 0.2) is 22.5 Å². The predicted octanol–water partition coefficient (Wildman–Crippen LogP) is 5.25. The highest BCUT2D eigenvalue weighted by molar-refractivity contribution is 8.00. The van der Waals surface area contributed by atoms with Crippen molar-refractivity contribution in [2.75, 3.05) is 11.6 Å². The second-order valence-electron chi connectivity index (χ2n) is 5.38. The van der Waals surface area contributed by atoms with Crippen LogP contribution in [0.4, 0.5) is 5.69 Å². The molecule has 0 saturated carbocycles. The van der Waals surface area contributed by atoms with Crippen LogP contribution in [0.1, 0.15) is 33.6 Å². The first-order valence-electron chi connectivity index (χ1n) is 6.79. The zero-order chi connectivity index (χ0) is 13.8. The van der Waals surface area contributed by atoms with Gasteiger partial charge in [-0.05, 0) is 50.1 Å². The fourth-order valence-corrected chi connectivity index (χ4v) is 3.55. The molecule has 1 heterocycles. The van der Waals surface area contributed by atoms with Crippen molar-refractivity contribution in [1.29, 1.82) is 0 Å². The molecule has 1 unspecified atom stereocenters. The summed E-state index contributed by atoms with van der Waals surface area (Å²) in [6, 6.07) is 6.99.